The van der Waals surface area contributed by atoms with Gasteiger partial charge < -0.3 is 18.6 Å². The number of hydrogen-bond acceptors (Lipinski definition) is 8. The molecule has 2 amide bonds. The van der Waals surface area contributed by atoms with Crippen molar-refractivity contribution in [2.24, 2.45) is 0 Å². The van der Waals surface area contributed by atoms with Crippen molar-refractivity contribution in [2.75, 3.05) is 12.4 Å². The van der Waals surface area contributed by atoms with E-state index < -0.39 is 22.0 Å². The molecule has 0 saturated heterocycles. The molecule has 1 aliphatic rings. The van der Waals surface area contributed by atoms with E-state index in [2.05, 4.69) is 50.2 Å². The van der Waals surface area contributed by atoms with E-state index in [1.165, 1.54) is 27.0 Å². The lowest BCUT2D eigenvalue weighted by Crippen LogP contribution is -2.31. The number of nitrogens with zero attached hydrogens (tertiary/aromatic N) is 2. The van der Waals surface area contributed by atoms with Gasteiger partial charge in [-0.25, -0.2) is 17.9 Å². The molecule has 0 unspecified atom stereocenters. The lowest BCUT2D eigenvalue weighted by molar-refractivity contribution is 0.0980. The van der Waals surface area contributed by atoms with Gasteiger partial charge >= 0.3 is 6.09 Å². The Kier molecular flexibility index (Phi) is 10.1. The van der Waals surface area contributed by atoms with Gasteiger partial charge in [-0.1, -0.05) is 71.9 Å². The molecule has 0 bridgehead atoms. The van der Waals surface area contributed by atoms with E-state index in [4.69, 9.17) is 14.0 Å². The van der Waals surface area contributed by atoms with Crippen LogP contribution < -0.4 is 14.8 Å². The molecule has 2 N–H and O–H groups in total. The molecular weight excluding hydrogens is 693 g/mol. The first-order valence-corrected chi connectivity index (χ1v) is 19.0. The van der Waals surface area contributed by atoms with Gasteiger partial charge in [0.15, 0.2) is 10.7 Å². The molecule has 0 spiro atoms. The number of ether oxygens (including phenoxy) is 2. The maximum Gasteiger partial charge on any atom is 0.411 e. The van der Waals surface area contributed by atoms with Crippen LogP contribution in [0.2, 0.25) is 0 Å². The summed E-state index contributed by atoms with van der Waals surface area (Å²) in [5, 5.41) is 7.54. The van der Waals surface area contributed by atoms with E-state index >= 15 is 0 Å². The number of aryl methyl sites for hydroxylation is 2. The van der Waals surface area contributed by atoms with E-state index in [0.717, 1.165) is 58.8 Å². The number of aromatic nitrogens is 2. The molecule has 0 atom stereocenters. The van der Waals surface area contributed by atoms with Crippen LogP contribution in [-0.4, -0.2) is 43.4 Å². The van der Waals surface area contributed by atoms with Gasteiger partial charge in [-0.2, -0.15) is 0 Å². The van der Waals surface area contributed by atoms with Crippen LogP contribution in [0, 0.1) is 13.8 Å². The van der Waals surface area contributed by atoms with Gasteiger partial charge in [-0.05, 0) is 92.1 Å². The number of amides is 2. The van der Waals surface area contributed by atoms with E-state index in [0.29, 0.717) is 17.9 Å². The summed E-state index contributed by atoms with van der Waals surface area (Å²) < 4.78 is 46.9. The number of sulfonamides is 1. The zero-order chi connectivity index (χ0) is 37.1. The number of methoxy groups -OCH3 is 1. The van der Waals surface area contributed by atoms with Crippen LogP contribution in [0.4, 0.5) is 10.5 Å². The summed E-state index contributed by atoms with van der Waals surface area (Å²) in [4.78, 5) is 25.9. The third-order valence-electron chi connectivity index (χ3n) is 9.64. The molecule has 7 rings (SSSR count). The molecule has 2 aromatic heterocycles. The van der Waals surface area contributed by atoms with Crippen LogP contribution in [0.3, 0.4) is 0 Å². The zero-order valence-electron chi connectivity index (χ0n) is 29.7. The smallest absolute Gasteiger partial charge is 0.411 e. The quantitative estimate of drug-likeness (QED) is 0.136. The maximum absolute atomic E-state index is 13.2. The molecule has 2 heterocycles. The SMILES string of the molecule is COc1cc(C(=O)NS(=O)(=O)c2c(C)noc2C)ccc1Cc1cn(C(c2ccccc2)c2ccccc2)c2ccc(NC(=O)OC3CCCC3)cc12. The molecule has 1 aliphatic carbocycles. The lowest BCUT2D eigenvalue weighted by Gasteiger charge is -2.22. The summed E-state index contributed by atoms with van der Waals surface area (Å²) in [7, 11) is -2.73. The number of carbonyl (C=O) groups is 2. The molecule has 1 fully saturated rings. The molecule has 12 heteroatoms. The molecule has 11 nitrogen and oxygen atoms in total. The van der Waals surface area contributed by atoms with Crippen LogP contribution in [0.25, 0.3) is 10.9 Å². The average molecular weight is 733 g/mol. The second-order valence-electron chi connectivity index (χ2n) is 13.2. The first-order chi connectivity index (χ1) is 25.6. The van der Waals surface area contributed by atoms with Gasteiger partial charge in [0.1, 0.15) is 17.5 Å². The highest BCUT2D eigenvalue weighted by Gasteiger charge is 2.28. The van der Waals surface area contributed by atoms with Gasteiger partial charge in [-0.3, -0.25) is 10.1 Å². The minimum atomic E-state index is -4.24. The molecule has 6 aromatic rings. The largest absolute Gasteiger partial charge is 0.496 e. The molecule has 53 heavy (non-hydrogen) atoms. The Morgan fingerprint density at radius 1 is 0.906 bits per heavy atom. The highest BCUT2D eigenvalue weighted by atomic mass is 32.2. The molecule has 0 aliphatic heterocycles. The van der Waals surface area contributed by atoms with E-state index in [1.54, 1.807) is 12.1 Å². The predicted octanol–water partition coefficient (Wildman–Crippen LogP) is 8.09. The minimum absolute atomic E-state index is 0.0682. The highest BCUT2D eigenvalue weighted by Crippen LogP contribution is 2.36. The van der Waals surface area contributed by atoms with Crippen molar-refractivity contribution < 1.29 is 32.0 Å². The standard InChI is InChI=1S/C41H40N4O7S/c1-26-39(27(2)52-43-26)53(48,49)44-40(46)31-19-18-30(37(23-31)50-3)22-32-25-45(38(28-12-6-4-7-13-28)29-14-8-5-9-15-29)36-21-20-33(24-35(32)36)42-41(47)51-34-16-10-11-17-34/h4-9,12-15,18-21,23-25,34,38H,10-11,16-17,22H2,1-3H3,(H,42,47)(H,44,46). The number of fused-ring (bicyclic) bond motifs is 1. The monoisotopic (exact) mass is 732 g/mol. The molecule has 4 aromatic carbocycles. The first kappa shape index (κ1) is 35.5. The van der Waals surface area contributed by atoms with Crippen molar-refractivity contribution in [3.8, 4) is 5.75 Å². The maximum atomic E-state index is 13.2. The zero-order valence-corrected chi connectivity index (χ0v) is 30.5. The number of carbonyl (C=O) groups excluding carboxylic acids is 2. The predicted molar refractivity (Wildman–Crippen MR) is 201 cm³/mol. The Balaban J connectivity index is 1.26. The highest BCUT2D eigenvalue weighted by molar-refractivity contribution is 7.90. The first-order valence-electron chi connectivity index (χ1n) is 17.5. The van der Waals surface area contributed by atoms with Gasteiger partial charge in [0.2, 0.25) is 0 Å². The van der Waals surface area contributed by atoms with E-state index in [9.17, 15) is 18.0 Å². The van der Waals surface area contributed by atoms with Crippen molar-refractivity contribution in [3.05, 3.63) is 143 Å². The Morgan fingerprint density at radius 3 is 2.21 bits per heavy atom. The summed E-state index contributed by atoms with van der Waals surface area (Å²) in [5.41, 5.74) is 5.73. The summed E-state index contributed by atoms with van der Waals surface area (Å²) >= 11 is 0. The fourth-order valence-corrected chi connectivity index (χ4v) is 8.48. The van der Waals surface area contributed by atoms with Crippen molar-refractivity contribution in [1.82, 2.24) is 14.4 Å². The fraction of sp³-hybridized carbons (Fsp3) is 0.244. The van der Waals surface area contributed by atoms with Crippen LogP contribution in [-0.2, 0) is 21.2 Å². The minimum Gasteiger partial charge on any atom is -0.496 e. The number of anilines is 1. The number of benzene rings is 4. The number of rotatable bonds is 11. The van der Waals surface area contributed by atoms with Gasteiger partial charge in [-0.15, -0.1) is 0 Å². The fourth-order valence-electron chi connectivity index (χ4n) is 7.17. The molecule has 0 radical (unpaired) electrons. The summed E-state index contributed by atoms with van der Waals surface area (Å²) in [6.45, 7) is 2.96. The van der Waals surface area contributed by atoms with Gasteiger partial charge in [0.05, 0.1) is 13.2 Å². The van der Waals surface area contributed by atoms with Crippen LogP contribution in [0.5, 0.6) is 5.75 Å². The molecule has 272 valence electrons. The lowest BCUT2D eigenvalue weighted by atomic mass is 9.98. The molecular formula is C41H40N4O7S. The Bertz CT molecular complexity index is 2320. The average Bonchev–Trinajstić information content (AvgIpc) is 3.88. The van der Waals surface area contributed by atoms with Crippen molar-refractivity contribution in [2.45, 2.75) is 63.0 Å². The third-order valence-corrected chi connectivity index (χ3v) is 11.2. The summed E-state index contributed by atoms with van der Waals surface area (Å²) in [5.74, 6) is -0.327. The number of nitrogens with one attached hydrogen (secondary N) is 2. The van der Waals surface area contributed by atoms with E-state index in [-0.39, 0.29) is 34.1 Å². The Morgan fingerprint density at radius 2 is 1.58 bits per heavy atom. The summed E-state index contributed by atoms with van der Waals surface area (Å²) in [6, 6.07) is 31.1. The van der Waals surface area contributed by atoms with Crippen molar-refractivity contribution >= 4 is 38.6 Å². The normalized spacial score (nSPS) is 13.4. The van der Waals surface area contributed by atoms with Crippen LogP contribution in [0.15, 0.2) is 113 Å². The van der Waals surface area contributed by atoms with Crippen molar-refractivity contribution in [3.63, 3.8) is 0 Å². The Labute approximate surface area is 308 Å². The molecule has 1 saturated carbocycles. The number of hydrogen-bond donors (Lipinski definition) is 2. The van der Waals surface area contributed by atoms with Crippen LogP contribution >= 0.6 is 0 Å². The van der Waals surface area contributed by atoms with Crippen molar-refractivity contribution in [1.29, 1.82) is 0 Å². The van der Waals surface area contributed by atoms with Crippen LogP contribution in [0.1, 0.15) is 75.8 Å². The second kappa shape index (κ2) is 15.0. The van der Waals surface area contributed by atoms with Gasteiger partial charge in [0, 0.05) is 34.8 Å². The Hall–Kier alpha value is -5.88. The third kappa shape index (κ3) is 7.54. The topological polar surface area (TPSA) is 142 Å². The second-order valence-corrected chi connectivity index (χ2v) is 14.9. The van der Waals surface area contributed by atoms with Gasteiger partial charge in [0.25, 0.3) is 15.9 Å². The summed E-state index contributed by atoms with van der Waals surface area (Å²) in [6.07, 6.45) is 5.84. The van der Waals surface area contributed by atoms with E-state index in [1.807, 2.05) is 54.6 Å².